The number of rotatable bonds is 9. The normalized spacial score (nSPS) is 11.8. The number of carbonyl (C=O) groups is 1. The fourth-order valence-electron chi connectivity index (χ4n) is 1.96. The minimum Gasteiger partial charge on any atom is -0.369 e. The van der Waals surface area contributed by atoms with Crippen LogP contribution >= 0.6 is 0 Å². The lowest BCUT2D eigenvalue weighted by Crippen LogP contribution is -2.39. The maximum Gasteiger partial charge on any atom is 0.232 e. The minimum atomic E-state index is -3.70. The van der Waals surface area contributed by atoms with Gasteiger partial charge in [-0.15, -0.1) is 0 Å². The average Bonchev–Trinajstić information content (AvgIpc) is 2.36. The summed E-state index contributed by atoms with van der Waals surface area (Å²) < 4.78 is 38.9. The number of nitrogens with zero attached hydrogens (tertiary/aromatic N) is 1. The molecule has 1 aromatic rings. The molecule has 21 heavy (non-hydrogen) atoms. The molecule has 0 aliphatic carbocycles. The van der Waals surface area contributed by atoms with Crippen LogP contribution in [0.5, 0.6) is 0 Å². The number of primary amides is 1. The summed E-state index contributed by atoms with van der Waals surface area (Å²) in [6.07, 6.45) is 2.46. The van der Waals surface area contributed by atoms with Crippen molar-refractivity contribution in [3.8, 4) is 0 Å². The van der Waals surface area contributed by atoms with E-state index in [0.717, 1.165) is 17.1 Å². The van der Waals surface area contributed by atoms with Crippen molar-refractivity contribution in [1.29, 1.82) is 0 Å². The van der Waals surface area contributed by atoms with Crippen molar-refractivity contribution >= 4 is 15.9 Å². The minimum absolute atomic E-state index is 0.244. The van der Waals surface area contributed by atoms with Crippen molar-refractivity contribution in [3.05, 3.63) is 35.6 Å². The van der Waals surface area contributed by atoms with E-state index in [4.69, 9.17) is 5.73 Å². The first-order valence-electron chi connectivity index (χ1n) is 6.85. The number of benzene rings is 1. The van der Waals surface area contributed by atoms with Crippen molar-refractivity contribution in [2.24, 2.45) is 5.73 Å². The number of hydrogen-bond donors (Lipinski definition) is 1. The van der Waals surface area contributed by atoms with Gasteiger partial charge in [-0.3, -0.25) is 4.79 Å². The molecule has 1 aromatic carbocycles. The van der Waals surface area contributed by atoms with Crippen LogP contribution in [0.15, 0.2) is 24.3 Å². The van der Waals surface area contributed by atoms with Gasteiger partial charge >= 0.3 is 0 Å². The topological polar surface area (TPSA) is 80.5 Å². The van der Waals surface area contributed by atoms with Crippen molar-refractivity contribution in [1.82, 2.24) is 4.31 Å². The first-order chi connectivity index (χ1) is 9.85. The predicted octanol–water partition coefficient (Wildman–Crippen LogP) is 1.63. The molecule has 1 amide bonds. The molecule has 0 radical (unpaired) electrons. The number of halogens is 1. The van der Waals surface area contributed by atoms with Crippen molar-refractivity contribution in [2.75, 3.05) is 13.1 Å². The molecule has 0 atom stereocenters. The lowest BCUT2D eigenvalue weighted by atomic mass is 10.2. The van der Waals surface area contributed by atoms with Crippen LogP contribution in [0.4, 0.5) is 4.39 Å². The lowest BCUT2D eigenvalue weighted by Gasteiger charge is -2.20. The third-order valence-electron chi connectivity index (χ3n) is 2.97. The first-order valence-corrected chi connectivity index (χ1v) is 8.46. The van der Waals surface area contributed by atoms with Gasteiger partial charge in [-0.2, -0.15) is 4.31 Å². The monoisotopic (exact) mass is 316 g/mol. The summed E-state index contributed by atoms with van der Waals surface area (Å²) in [6.45, 7) is 1.90. The Morgan fingerprint density at radius 1 is 1.33 bits per heavy atom. The zero-order chi connectivity index (χ0) is 15.9. The van der Waals surface area contributed by atoms with E-state index < -0.39 is 21.7 Å². The highest BCUT2D eigenvalue weighted by Gasteiger charge is 2.23. The third kappa shape index (κ3) is 6.22. The Kier molecular flexibility index (Phi) is 6.77. The molecular weight excluding hydrogens is 295 g/mol. The predicted molar refractivity (Wildman–Crippen MR) is 79.3 cm³/mol. The van der Waals surface area contributed by atoms with Crippen LogP contribution in [0.25, 0.3) is 0 Å². The highest BCUT2D eigenvalue weighted by atomic mass is 32.2. The zero-order valence-corrected chi connectivity index (χ0v) is 12.9. The van der Waals surface area contributed by atoms with Crippen LogP contribution < -0.4 is 5.73 Å². The van der Waals surface area contributed by atoms with E-state index in [-0.39, 0.29) is 18.8 Å². The molecule has 0 fully saturated rings. The number of carbonyl (C=O) groups excluding carboxylic acids is 1. The standard InChI is InChI=1S/C14H21FN2O3S/c1-2-3-4-8-17(10-14(16)18)21(19,20)11-12-6-5-7-13(15)9-12/h5-7,9H,2-4,8,10-11H2,1H3,(H2,16,18). The number of hydrogen-bond acceptors (Lipinski definition) is 3. The zero-order valence-electron chi connectivity index (χ0n) is 12.1. The van der Waals surface area contributed by atoms with E-state index in [2.05, 4.69) is 0 Å². The Bertz CT molecular complexity index is 575. The molecule has 1 rings (SSSR count). The molecule has 0 unspecified atom stereocenters. The Morgan fingerprint density at radius 2 is 2.05 bits per heavy atom. The van der Waals surface area contributed by atoms with Gasteiger partial charge in [-0.25, -0.2) is 12.8 Å². The Balaban J connectivity index is 2.84. The molecule has 7 heteroatoms. The Labute approximate surface area is 125 Å². The number of unbranched alkanes of at least 4 members (excludes halogenated alkanes) is 2. The average molecular weight is 316 g/mol. The van der Waals surface area contributed by atoms with E-state index in [1.807, 2.05) is 6.92 Å². The van der Waals surface area contributed by atoms with Crippen LogP contribution in [0.1, 0.15) is 31.7 Å². The van der Waals surface area contributed by atoms with Crippen molar-refractivity contribution < 1.29 is 17.6 Å². The molecule has 0 heterocycles. The SMILES string of the molecule is CCCCCN(CC(N)=O)S(=O)(=O)Cc1cccc(F)c1. The largest absolute Gasteiger partial charge is 0.369 e. The van der Waals surface area contributed by atoms with E-state index >= 15 is 0 Å². The molecule has 0 aliphatic rings. The van der Waals surface area contributed by atoms with Crippen LogP contribution in [0.3, 0.4) is 0 Å². The fourth-order valence-corrected chi connectivity index (χ4v) is 3.47. The van der Waals surface area contributed by atoms with Gasteiger partial charge in [0.15, 0.2) is 0 Å². The van der Waals surface area contributed by atoms with Gasteiger partial charge in [-0.1, -0.05) is 31.9 Å². The van der Waals surface area contributed by atoms with Gasteiger partial charge in [0.05, 0.1) is 12.3 Å². The Hall–Kier alpha value is -1.47. The smallest absolute Gasteiger partial charge is 0.232 e. The molecule has 118 valence electrons. The second-order valence-corrected chi connectivity index (χ2v) is 6.86. The van der Waals surface area contributed by atoms with Gasteiger partial charge in [0.1, 0.15) is 5.82 Å². The molecule has 0 aliphatic heterocycles. The Morgan fingerprint density at radius 3 is 2.62 bits per heavy atom. The fraction of sp³-hybridized carbons (Fsp3) is 0.500. The van der Waals surface area contributed by atoms with E-state index in [1.54, 1.807) is 0 Å². The summed E-state index contributed by atoms with van der Waals surface area (Å²) in [5.41, 5.74) is 5.45. The van der Waals surface area contributed by atoms with E-state index in [9.17, 15) is 17.6 Å². The number of amides is 1. The first kappa shape index (κ1) is 17.6. The molecule has 0 aromatic heterocycles. The van der Waals surface area contributed by atoms with E-state index in [0.29, 0.717) is 12.0 Å². The molecule has 5 nitrogen and oxygen atoms in total. The summed E-state index contributed by atoms with van der Waals surface area (Å²) >= 11 is 0. The van der Waals surface area contributed by atoms with Crippen molar-refractivity contribution in [3.63, 3.8) is 0 Å². The van der Waals surface area contributed by atoms with Crippen LogP contribution in [-0.4, -0.2) is 31.7 Å². The molecule has 0 spiro atoms. The van der Waals surface area contributed by atoms with Gasteiger partial charge in [0, 0.05) is 6.54 Å². The van der Waals surface area contributed by atoms with E-state index in [1.165, 1.54) is 24.3 Å². The highest BCUT2D eigenvalue weighted by Crippen LogP contribution is 2.13. The number of nitrogens with two attached hydrogens (primary N) is 1. The van der Waals surface area contributed by atoms with Gasteiger partial charge in [0.25, 0.3) is 0 Å². The second-order valence-electron chi connectivity index (χ2n) is 4.89. The summed E-state index contributed by atoms with van der Waals surface area (Å²) in [4.78, 5) is 11.1. The molecule has 0 saturated carbocycles. The maximum atomic E-state index is 13.1. The summed E-state index contributed by atoms with van der Waals surface area (Å²) in [5.74, 6) is -1.53. The summed E-state index contributed by atoms with van der Waals surface area (Å²) in [6, 6.07) is 5.41. The quantitative estimate of drug-likeness (QED) is 0.703. The maximum absolute atomic E-state index is 13.1. The molecule has 0 bridgehead atoms. The van der Waals surface area contributed by atoms with Crippen molar-refractivity contribution in [2.45, 2.75) is 31.9 Å². The van der Waals surface area contributed by atoms with Gasteiger partial charge in [0.2, 0.25) is 15.9 Å². The van der Waals surface area contributed by atoms with Crippen LogP contribution in [0, 0.1) is 5.82 Å². The lowest BCUT2D eigenvalue weighted by molar-refractivity contribution is -0.118. The highest BCUT2D eigenvalue weighted by molar-refractivity contribution is 7.88. The second kappa shape index (κ2) is 8.09. The number of sulfonamides is 1. The third-order valence-corrected chi connectivity index (χ3v) is 4.77. The van der Waals surface area contributed by atoms with Crippen LogP contribution in [0.2, 0.25) is 0 Å². The summed E-state index contributed by atoms with van der Waals surface area (Å²) in [7, 11) is -3.70. The molecule has 0 saturated heterocycles. The molecular formula is C14H21FN2O3S. The van der Waals surface area contributed by atoms with Crippen LogP contribution in [-0.2, 0) is 20.6 Å². The molecule has 2 N–H and O–H groups in total. The van der Waals surface area contributed by atoms with Gasteiger partial charge in [-0.05, 0) is 24.1 Å². The van der Waals surface area contributed by atoms with Gasteiger partial charge < -0.3 is 5.73 Å². The summed E-state index contributed by atoms with van der Waals surface area (Å²) in [5, 5.41) is 0.